The summed E-state index contributed by atoms with van der Waals surface area (Å²) in [6, 6.07) is 10.1. The molecule has 7 rings (SSSR count). The number of carbonyl (C=O) groups excluding carboxylic acids is 1. The van der Waals surface area contributed by atoms with Gasteiger partial charge in [-0.1, -0.05) is 30.3 Å². The number of nitrogens with zero attached hydrogens (tertiary/aromatic N) is 3. The van der Waals surface area contributed by atoms with Crippen molar-refractivity contribution in [1.82, 2.24) is 14.8 Å². The molecular weight excluding hydrogens is 380 g/mol. The molecule has 4 fully saturated rings. The minimum Gasteiger partial charge on any atom is -0.289 e. The first-order chi connectivity index (χ1) is 14.2. The van der Waals surface area contributed by atoms with Gasteiger partial charge in [0.05, 0.1) is 23.0 Å². The van der Waals surface area contributed by atoms with Crippen LogP contribution in [0.15, 0.2) is 47.0 Å². The van der Waals surface area contributed by atoms with E-state index in [1.165, 1.54) is 19.3 Å². The third-order valence-electron chi connectivity index (χ3n) is 7.22. The average Bonchev–Trinajstić information content (AvgIpc) is 3.30. The first-order valence-electron chi connectivity index (χ1n) is 10.5. The third-order valence-corrected chi connectivity index (χ3v) is 7.98. The molecule has 0 atom stereocenters. The first-order valence-corrected chi connectivity index (χ1v) is 11.4. The number of benzene rings is 1. The zero-order valence-electron chi connectivity index (χ0n) is 16.3. The summed E-state index contributed by atoms with van der Waals surface area (Å²) in [5.41, 5.74) is 5.58. The lowest BCUT2D eigenvalue weighted by molar-refractivity contribution is -0.146. The van der Waals surface area contributed by atoms with Gasteiger partial charge in [-0.15, -0.1) is 11.3 Å². The van der Waals surface area contributed by atoms with E-state index in [2.05, 4.69) is 22.7 Å². The summed E-state index contributed by atoms with van der Waals surface area (Å²) in [5.74, 6) is 2.38. The summed E-state index contributed by atoms with van der Waals surface area (Å²) < 4.78 is 2.04. The van der Waals surface area contributed by atoms with Crippen LogP contribution in [-0.4, -0.2) is 21.5 Å². The Balaban J connectivity index is 1.27. The molecule has 0 unspecified atom stereocenters. The van der Waals surface area contributed by atoms with Gasteiger partial charge in [0.25, 0.3) is 0 Å². The second-order valence-corrected chi connectivity index (χ2v) is 10.0. The minimum atomic E-state index is -0.177. The normalized spacial score (nSPS) is 30.4. The van der Waals surface area contributed by atoms with Crippen LogP contribution in [0.2, 0.25) is 0 Å². The molecule has 0 spiro atoms. The zero-order valence-corrected chi connectivity index (χ0v) is 17.1. The molecule has 1 N–H and O–H groups in total. The Hall–Kier alpha value is -2.47. The molecule has 1 amide bonds. The Morgan fingerprint density at radius 3 is 2.52 bits per heavy atom. The van der Waals surface area contributed by atoms with Crippen LogP contribution in [0, 0.1) is 23.2 Å². The molecule has 6 heteroatoms. The fourth-order valence-electron chi connectivity index (χ4n) is 6.39. The van der Waals surface area contributed by atoms with Crippen LogP contribution in [0.4, 0.5) is 0 Å². The number of aromatic nitrogens is 2. The standard InChI is InChI=1S/C23H24N4OS/c28-21(23-11-15-8-16(12-23)10-17(9-15)13-23)26-24-14-19-20(18-4-2-1-3-5-18)25-22-27(19)6-7-29-22/h1-7,14-17H,8-13H2,(H,26,28)/b24-14-. The van der Waals surface area contributed by atoms with E-state index in [9.17, 15) is 4.79 Å². The van der Waals surface area contributed by atoms with Gasteiger partial charge in [-0.3, -0.25) is 9.20 Å². The van der Waals surface area contributed by atoms with E-state index >= 15 is 0 Å². The Bertz CT molecular complexity index is 1060. The summed E-state index contributed by atoms with van der Waals surface area (Å²) in [7, 11) is 0. The highest BCUT2D eigenvalue weighted by atomic mass is 32.1. The summed E-state index contributed by atoms with van der Waals surface area (Å²) in [6.45, 7) is 0. The number of thiazole rings is 1. The number of nitrogens with one attached hydrogen (secondary N) is 1. The molecule has 2 aromatic heterocycles. The van der Waals surface area contributed by atoms with Crippen LogP contribution >= 0.6 is 11.3 Å². The highest BCUT2D eigenvalue weighted by Gasteiger charge is 2.54. The van der Waals surface area contributed by atoms with Crippen LogP contribution in [-0.2, 0) is 4.79 Å². The summed E-state index contributed by atoms with van der Waals surface area (Å²) in [6.07, 6.45) is 10.9. The Kier molecular flexibility index (Phi) is 3.91. The Labute approximate surface area is 173 Å². The second kappa shape index (κ2) is 6.52. The summed E-state index contributed by atoms with van der Waals surface area (Å²) in [4.78, 5) is 18.8. The quantitative estimate of drug-likeness (QED) is 0.505. The molecule has 0 aliphatic heterocycles. The van der Waals surface area contributed by atoms with Crippen molar-refractivity contribution in [3.63, 3.8) is 0 Å². The van der Waals surface area contributed by atoms with Crippen LogP contribution in [0.5, 0.6) is 0 Å². The van der Waals surface area contributed by atoms with Crippen LogP contribution in [0.3, 0.4) is 0 Å². The maximum Gasteiger partial charge on any atom is 0.246 e. The largest absolute Gasteiger partial charge is 0.289 e. The lowest BCUT2D eigenvalue weighted by atomic mass is 9.49. The molecule has 1 aromatic carbocycles. The average molecular weight is 405 g/mol. The Morgan fingerprint density at radius 2 is 1.83 bits per heavy atom. The lowest BCUT2D eigenvalue weighted by Crippen LogP contribution is -2.52. The molecular formula is C23H24N4OS. The summed E-state index contributed by atoms with van der Waals surface area (Å²) >= 11 is 1.60. The predicted octanol–water partition coefficient (Wildman–Crippen LogP) is 4.73. The molecule has 148 valence electrons. The minimum absolute atomic E-state index is 0.125. The van der Waals surface area contributed by atoms with Gasteiger partial charge in [-0.2, -0.15) is 5.10 Å². The SMILES string of the molecule is O=C(N/N=C\c1c(-c2ccccc2)nc2sccn12)C12CC3CC(CC(C3)C1)C2. The number of hydrogen-bond donors (Lipinski definition) is 1. The van der Waals surface area contributed by atoms with Crippen molar-refractivity contribution < 1.29 is 4.79 Å². The molecule has 0 saturated heterocycles. The number of hydrazone groups is 1. The van der Waals surface area contributed by atoms with Crippen molar-refractivity contribution in [2.45, 2.75) is 38.5 Å². The van der Waals surface area contributed by atoms with Gasteiger partial charge < -0.3 is 0 Å². The number of imidazole rings is 1. The van der Waals surface area contributed by atoms with Crippen molar-refractivity contribution in [2.24, 2.45) is 28.3 Å². The van der Waals surface area contributed by atoms with E-state index in [0.717, 1.165) is 58.9 Å². The van der Waals surface area contributed by atoms with Gasteiger partial charge in [0.1, 0.15) is 0 Å². The molecule has 5 nitrogen and oxygen atoms in total. The molecule has 29 heavy (non-hydrogen) atoms. The van der Waals surface area contributed by atoms with Gasteiger partial charge in [-0.25, -0.2) is 10.4 Å². The van der Waals surface area contributed by atoms with Crippen molar-refractivity contribution in [3.8, 4) is 11.3 Å². The fourth-order valence-corrected chi connectivity index (χ4v) is 7.12. The zero-order chi connectivity index (χ0) is 19.4. The second-order valence-electron chi connectivity index (χ2n) is 9.16. The Morgan fingerprint density at radius 1 is 1.14 bits per heavy atom. The van der Waals surface area contributed by atoms with E-state index in [1.54, 1.807) is 17.6 Å². The first kappa shape index (κ1) is 17.4. The van der Waals surface area contributed by atoms with E-state index in [0.29, 0.717) is 0 Å². The van der Waals surface area contributed by atoms with Gasteiger partial charge in [-0.05, 0) is 56.3 Å². The number of amides is 1. The maximum absolute atomic E-state index is 13.1. The number of rotatable bonds is 4. The predicted molar refractivity (Wildman–Crippen MR) is 115 cm³/mol. The molecule has 4 bridgehead atoms. The van der Waals surface area contributed by atoms with E-state index in [1.807, 2.05) is 34.2 Å². The van der Waals surface area contributed by atoms with Crippen molar-refractivity contribution in [2.75, 3.05) is 0 Å². The van der Waals surface area contributed by atoms with E-state index in [4.69, 9.17) is 4.98 Å². The van der Waals surface area contributed by atoms with Crippen LogP contribution in [0.25, 0.3) is 16.2 Å². The monoisotopic (exact) mass is 404 g/mol. The highest BCUT2D eigenvalue weighted by Crippen LogP contribution is 2.60. The van der Waals surface area contributed by atoms with Crippen LogP contribution < -0.4 is 5.43 Å². The van der Waals surface area contributed by atoms with Crippen LogP contribution in [0.1, 0.15) is 44.2 Å². The van der Waals surface area contributed by atoms with Crippen molar-refractivity contribution >= 4 is 28.4 Å². The number of hydrogen-bond acceptors (Lipinski definition) is 4. The van der Waals surface area contributed by atoms with Gasteiger partial charge in [0.2, 0.25) is 5.91 Å². The highest BCUT2D eigenvalue weighted by molar-refractivity contribution is 7.15. The van der Waals surface area contributed by atoms with Gasteiger partial charge in [0.15, 0.2) is 4.96 Å². The van der Waals surface area contributed by atoms with Gasteiger partial charge in [0, 0.05) is 17.1 Å². The lowest BCUT2D eigenvalue weighted by Gasteiger charge is -2.55. The maximum atomic E-state index is 13.1. The van der Waals surface area contributed by atoms with E-state index in [-0.39, 0.29) is 11.3 Å². The molecule has 4 aliphatic carbocycles. The van der Waals surface area contributed by atoms with Gasteiger partial charge >= 0.3 is 0 Å². The smallest absolute Gasteiger partial charge is 0.246 e. The van der Waals surface area contributed by atoms with Crippen molar-refractivity contribution in [3.05, 3.63) is 47.6 Å². The van der Waals surface area contributed by atoms with E-state index < -0.39 is 0 Å². The fraction of sp³-hybridized carbons (Fsp3) is 0.435. The molecule has 4 saturated carbocycles. The van der Waals surface area contributed by atoms with Crippen molar-refractivity contribution in [1.29, 1.82) is 0 Å². The molecule has 2 heterocycles. The third kappa shape index (κ3) is 2.84. The molecule has 0 radical (unpaired) electrons. The summed E-state index contributed by atoms with van der Waals surface area (Å²) in [5, 5.41) is 6.42. The number of carbonyl (C=O) groups is 1. The molecule has 3 aromatic rings. The topological polar surface area (TPSA) is 58.8 Å². The molecule has 4 aliphatic rings. The number of fused-ring (bicyclic) bond motifs is 1.